The number of likely N-dealkylation sites (N-methyl/N-ethyl adjacent to an activating group) is 2. The molecule has 1 aliphatic heterocycles. The van der Waals surface area contributed by atoms with E-state index in [4.69, 9.17) is 4.74 Å². The first-order valence-corrected chi connectivity index (χ1v) is 12.1. The van der Waals surface area contributed by atoms with Crippen LogP contribution in [0.4, 0.5) is 5.69 Å². The third-order valence-electron chi connectivity index (χ3n) is 6.71. The van der Waals surface area contributed by atoms with Gasteiger partial charge in [-0.15, -0.1) is 0 Å². The molecule has 0 amide bonds. The first-order valence-electron chi connectivity index (χ1n) is 11.0. The molecule has 6 nitrogen and oxygen atoms in total. The quantitative estimate of drug-likeness (QED) is 0.610. The Morgan fingerprint density at radius 1 is 1.26 bits per heavy atom. The Hall–Kier alpha value is -1.93. The minimum absolute atomic E-state index is 0.137. The van der Waals surface area contributed by atoms with E-state index in [2.05, 4.69) is 53.7 Å². The van der Waals surface area contributed by atoms with Crippen molar-refractivity contribution in [3.63, 3.8) is 0 Å². The molecule has 2 aromatic rings. The number of hydrogen-bond donors (Lipinski definition) is 2. The predicted molar refractivity (Wildman–Crippen MR) is 126 cm³/mol. The zero-order valence-electron chi connectivity index (χ0n) is 18.6. The molecule has 2 aliphatic rings. The second-order valence-electron chi connectivity index (χ2n) is 8.76. The molecule has 4 rings (SSSR count). The maximum Gasteiger partial charge on any atom is 0.236 e. The Bertz CT molecular complexity index is 952. The fourth-order valence-corrected chi connectivity index (χ4v) is 5.31. The van der Waals surface area contributed by atoms with E-state index in [0.29, 0.717) is 5.92 Å². The molecule has 0 radical (unpaired) electrons. The Morgan fingerprint density at radius 3 is 2.87 bits per heavy atom. The van der Waals surface area contributed by atoms with Crippen LogP contribution in [0.3, 0.4) is 0 Å². The van der Waals surface area contributed by atoms with Gasteiger partial charge in [0.2, 0.25) is 11.3 Å². The van der Waals surface area contributed by atoms with Crippen LogP contribution >= 0.6 is 0 Å². The molecule has 0 bridgehead atoms. The van der Waals surface area contributed by atoms with Crippen molar-refractivity contribution in [2.75, 3.05) is 39.6 Å². The lowest BCUT2D eigenvalue weighted by Gasteiger charge is -2.30. The second kappa shape index (κ2) is 9.69. The van der Waals surface area contributed by atoms with Crippen molar-refractivity contribution in [1.82, 2.24) is 9.21 Å². The van der Waals surface area contributed by atoms with Crippen molar-refractivity contribution >= 4 is 17.0 Å². The van der Waals surface area contributed by atoms with Gasteiger partial charge in [-0.3, -0.25) is 4.55 Å². The fourth-order valence-electron chi connectivity index (χ4n) is 4.96. The van der Waals surface area contributed by atoms with Crippen molar-refractivity contribution in [1.29, 1.82) is 0 Å². The maximum atomic E-state index is 11.3. The summed E-state index contributed by atoms with van der Waals surface area (Å²) in [5.41, 5.74) is 6.44. The van der Waals surface area contributed by atoms with Gasteiger partial charge in [0.25, 0.3) is 0 Å². The van der Waals surface area contributed by atoms with Crippen molar-refractivity contribution < 1.29 is 13.5 Å². The molecule has 3 atom stereocenters. The van der Waals surface area contributed by atoms with E-state index in [1.54, 1.807) is 14.2 Å². The highest BCUT2D eigenvalue weighted by atomic mass is 32.2. The van der Waals surface area contributed by atoms with Crippen LogP contribution < -0.4 is 10.1 Å². The highest BCUT2D eigenvalue weighted by molar-refractivity contribution is 7.76. The fraction of sp³-hybridized carbons (Fsp3) is 0.500. The van der Waals surface area contributed by atoms with Gasteiger partial charge in [-0.25, -0.2) is 4.21 Å². The first kappa shape index (κ1) is 22.3. The SMILES string of the molecule is COc1cccc2c1CCC[C@H]2CN(C)CCc1ccc2c(c1)CC(N(C)S(=O)O)N2. The molecule has 2 unspecified atom stereocenters. The molecule has 2 aromatic carbocycles. The van der Waals surface area contributed by atoms with Crippen LogP contribution in [0, 0.1) is 0 Å². The molecule has 31 heavy (non-hydrogen) atoms. The lowest BCUT2D eigenvalue weighted by atomic mass is 9.82. The Kier molecular flexibility index (Phi) is 6.96. The van der Waals surface area contributed by atoms with Gasteiger partial charge in [0, 0.05) is 32.2 Å². The summed E-state index contributed by atoms with van der Waals surface area (Å²) in [5.74, 6) is 1.59. The zero-order chi connectivity index (χ0) is 22.0. The molecule has 0 spiro atoms. The Morgan fingerprint density at radius 2 is 2.10 bits per heavy atom. The highest BCUT2D eigenvalue weighted by Gasteiger charge is 2.27. The van der Waals surface area contributed by atoms with E-state index in [1.165, 1.54) is 39.4 Å². The van der Waals surface area contributed by atoms with Crippen molar-refractivity contribution in [2.45, 2.75) is 44.2 Å². The summed E-state index contributed by atoms with van der Waals surface area (Å²) in [7, 11) is 5.64. The molecule has 0 fully saturated rings. The number of fused-ring (bicyclic) bond motifs is 2. The minimum Gasteiger partial charge on any atom is -0.496 e. The van der Waals surface area contributed by atoms with Gasteiger partial charge in [-0.2, -0.15) is 4.31 Å². The highest BCUT2D eigenvalue weighted by Crippen LogP contribution is 2.37. The average molecular weight is 444 g/mol. The average Bonchev–Trinajstić information content (AvgIpc) is 3.20. The molecule has 1 heterocycles. The Labute approximate surface area is 188 Å². The topological polar surface area (TPSA) is 65.0 Å². The van der Waals surface area contributed by atoms with E-state index in [0.717, 1.165) is 43.8 Å². The van der Waals surface area contributed by atoms with Crippen molar-refractivity contribution in [3.05, 3.63) is 58.7 Å². The minimum atomic E-state index is -1.97. The molecule has 2 N–H and O–H groups in total. The zero-order valence-corrected chi connectivity index (χ0v) is 19.5. The number of benzene rings is 2. The molecular formula is C24H33N3O3S. The molecular weight excluding hydrogens is 410 g/mol. The van der Waals surface area contributed by atoms with E-state index in [9.17, 15) is 8.76 Å². The van der Waals surface area contributed by atoms with E-state index in [1.807, 2.05) is 0 Å². The van der Waals surface area contributed by atoms with Gasteiger partial charge >= 0.3 is 0 Å². The normalized spacial score (nSPS) is 21.0. The molecule has 0 saturated carbocycles. The smallest absolute Gasteiger partial charge is 0.236 e. The molecule has 0 aromatic heterocycles. The lowest BCUT2D eigenvalue weighted by molar-refractivity contribution is 0.299. The largest absolute Gasteiger partial charge is 0.496 e. The van der Waals surface area contributed by atoms with Crippen molar-refractivity contribution in [3.8, 4) is 5.75 Å². The number of hydrogen-bond acceptors (Lipinski definition) is 4. The summed E-state index contributed by atoms with van der Waals surface area (Å²) in [5, 5.41) is 3.33. The molecule has 7 heteroatoms. The van der Waals surface area contributed by atoms with Crippen LogP contribution in [0.2, 0.25) is 0 Å². The summed E-state index contributed by atoms with van der Waals surface area (Å²) < 4.78 is 27.7. The van der Waals surface area contributed by atoms with Crippen LogP contribution in [-0.4, -0.2) is 58.4 Å². The lowest BCUT2D eigenvalue weighted by Crippen LogP contribution is -2.37. The van der Waals surface area contributed by atoms with Gasteiger partial charge in [-0.05, 0) is 73.0 Å². The molecule has 0 saturated heterocycles. The maximum absolute atomic E-state index is 11.3. The van der Waals surface area contributed by atoms with Crippen LogP contribution in [-0.2, 0) is 30.5 Å². The number of ether oxygens (including phenoxy) is 1. The van der Waals surface area contributed by atoms with Crippen molar-refractivity contribution in [2.24, 2.45) is 0 Å². The number of methoxy groups -OCH3 is 1. The summed E-state index contributed by atoms with van der Waals surface area (Å²) in [6.07, 6.45) is 5.16. The monoisotopic (exact) mass is 443 g/mol. The van der Waals surface area contributed by atoms with Crippen LogP contribution in [0.25, 0.3) is 0 Å². The summed E-state index contributed by atoms with van der Waals surface area (Å²) >= 11 is -1.97. The Balaban J connectivity index is 1.35. The summed E-state index contributed by atoms with van der Waals surface area (Å²) in [6, 6.07) is 13.0. The number of anilines is 1. The van der Waals surface area contributed by atoms with Gasteiger partial charge in [0.1, 0.15) is 5.75 Å². The summed E-state index contributed by atoms with van der Waals surface area (Å²) in [4.78, 5) is 2.44. The van der Waals surface area contributed by atoms with Gasteiger partial charge < -0.3 is 15.0 Å². The predicted octanol–water partition coefficient (Wildman–Crippen LogP) is 3.65. The molecule has 168 valence electrons. The standard InChI is InChI=1S/C24H33N3O3S/c1-26(16-18-6-4-8-21-20(18)7-5-9-23(21)30-3)13-12-17-10-11-22-19(14-17)15-24(25-22)27(2)31(28)29/h5,7,9-11,14,18,24-25H,4,6,8,12-13,15-16H2,1-3H3,(H,28,29)/t18-,24?/m0/s1. The third-order valence-corrected chi connectivity index (χ3v) is 7.46. The third kappa shape index (κ3) is 4.95. The van der Waals surface area contributed by atoms with Gasteiger partial charge in [0.05, 0.1) is 13.3 Å². The molecule has 1 aliphatic carbocycles. The van der Waals surface area contributed by atoms with E-state index >= 15 is 0 Å². The van der Waals surface area contributed by atoms with Gasteiger partial charge in [-0.1, -0.05) is 24.3 Å². The number of rotatable bonds is 8. The number of nitrogens with zero attached hydrogens (tertiary/aromatic N) is 2. The number of nitrogens with one attached hydrogen (secondary N) is 1. The van der Waals surface area contributed by atoms with E-state index < -0.39 is 11.3 Å². The van der Waals surface area contributed by atoms with Crippen LogP contribution in [0.15, 0.2) is 36.4 Å². The first-order chi connectivity index (χ1) is 15.0. The van der Waals surface area contributed by atoms with Crippen LogP contribution in [0.1, 0.15) is 41.0 Å². The van der Waals surface area contributed by atoms with Gasteiger partial charge in [0.15, 0.2) is 0 Å². The van der Waals surface area contributed by atoms with Crippen LogP contribution in [0.5, 0.6) is 5.75 Å². The summed E-state index contributed by atoms with van der Waals surface area (Å²) in [6.45, 7) is 2.06. The second-order valence-corrected chi connectivity index (χ2v) is 9.80. The van der Waals surface area contributed by atoms with E-state index in [-0.39, 0.29) is 6.17 Å².